The van der Waals surface area contributed by atoms with Crippen molar-refractivity contribution in [3.63, 3.8) is 0 Å². The van der Waals surface area contributed by atoms with E-state index in [1.807, 2.05) is 6.92 Å². The lowest BCUT2D eigenvalue weighted by atomic mass is 9.79. The van der Waals surface area contributed by atoms with Gasteiger partial charge in [0, 0.05) is 13.0 Å². The normalized spacial score (nSPS) is 24.7. The van der Waals surface area contributed by atoms with Gasteiger partial charge in [-0.1, -0.05) is 5.92 Å². The zero-order valence-electron chi connectivity index (χ0n) is 9.01. The number of ether oxygens (including phenoxy) is 1. The van der Waals surface area contributed by atoms with Crippen LogP contribution >= 0.6 is 0 Å². The highest BCUT2D eigenvalue weighted by atomic mass is 16.5. The molecule has 2 nitrogen and oxygen atoms in total. The first-order valence-electron chi connectivity index (χ1n) is 5.29. The summed E-state index contributed by atoms with van der Waals surface area (Å²) in [6, 6.07) is 0. The van der Waals surface area contributed by atoms with Gasteiger partial charge in [0.05, 0.1) is 12.5 Å². The summed E-state index contributed by atoms with van der Waals surface area (Å²) in [5.74, 6) is 6.38. The van der Waals surface area contributed by atoms with Crippen LogP contribution in [0.3, 0.4) is 0 Å². The molecule has 1 aliphatic carbocycles. The Kier molecular flexibility index (Phi) is 4.69. The first-order chi connectivity index (χ1) is 6.76. The van der Waals surface area contributed by atoms with Crippen LogP contribution in [0.5, 0.6) is 0 Å². The van der Waals surface area contributed by atoms with Crippen molar-refractivity contribution >= 4 is 5.78 Å². The van der Waals surface area contributed by atoms with Crippen LogP contribution in [0, 0.1) is 17.8 Å². The van der Waals surface area contributed by atoms with E-state index in [0.29, 0.717) is 24.9 Å². The van der Waals surface area contributed by atoms with Gasteiger partial charge in [-0.05, 0) is 32.6 Å². The second-order valence-electron chi connectivity index (χ2n) is 3.76. The predicted octanol–water partition coefficient (Wildman–Crippen LogP) is 2.17. The molecule has 0 aromatic carbocycles. The Labute approximate surface area is 86.0 Å². The van der Waals surface area contributed by atoms with Crippen LogP contribution in [0.4, 0.5) is 0 Å². The Morgan fingerprint density at radius 1 is 1.50 bits per heavy atom. The molecule has 0 amide bonds. The lowest BCUT2D eigenvalue weighted by Gasteiger charge is -2.34. The lowest BCUT2D eigenvalue weighted by molar-refractivity contribution is -0.121. The van der Waals surface area contributed by atoms with Crippen molar-refractivity contribution in [3.05, 3.63) is 0 Å². The van der Waals surface area contributed by atoms with Gasteiger partial charge in [0.2, 0.25) is 0 Å². The molecule has 0 aliphatic heterocycles. The van der Waals surface area contributed by atoms with Gasteiger partial charge in [0.1, 0.15) is 5.78 Å². The summed E-state index contributed by atoms with van der Waals surface area (Å²) in [6.45, 7) is 4.56. The standard InChI is InChI=1S/C12H18O2/c1-3-5-6-11(13)7-10-8-12(9-10)14-4-2/h10,12H,4,6-9H2,1-2H3. The largest absolute Gasteiger partial charge is 0.378 e. The van der Waals surface area contributed by atoms with Gasteiger partial charge in [-0.25, -0.2) is 0 Å². The van der Waals surface area contributed by atoms with E-state index in [4.69, 9.17) is 4.74 Å². The van der Waals surface area contributed by atoms with Gasteiger partial charge in [0.25, 0.3) is 0 Å². The molecule has 0 aromatic heterocycles. The van der Waals surface area contributed by atoms with Crippen molar-refractivity contribution in [2.24, 2.45) is 5.92 Å². The first kappa shape index (κ1) is 11.3. The summed E-state index contributed by atoms with van der Waals surface area (Å²) in [6.07, 6.45) is 3.64. The summed E-state index contributed by atoms with van der Waals surface area (Å²) in [4.78, 5) is 11.3. The van der Waals surface area contributed by atoms with Crippen molar-refractivity contribution < 1.29 is 9.53 Å². The molecule has 0 atom stereocenters. The van der Waals surface area contributed by atoms with E-state index in [1.165, 1.54) is 0 Å². The van der Waals surface area contributed by atoms with Crippen LogP contribution in [0.1, 0.15) is 39.5 Å². The first-order valence-corrected chi connectivity index (χ1v) is 5.29. The Morgan fingerprint density at radius 2 is 2.21 bits per heavy atom. The van der Waals surface area contributed by atoms with Gasteiger partial charge in [-0.15, -0.1) is 5.92 Å². The maximum absolute atomic E-state index is 11.3. The van der Waals surface area contributed by atoms with Crippen molar-refractivity contribution in [2.75, 3.05) is 6.61 Å². The summed E-state index contributed by atoms with van der Waals surface area (Å²) in [5.41, 5.74) is 0. The Bertz CT molecular complexity index is 241. The number of Topliss-reactive ketones (excluding diaryl/α,β-unsaturated/α-hetero) is 1. The van der Waals surface area contributed by atoms with Crippen LogP contribution in [0.15, 0.2) is 0 Å². The minimum atomic E-state index is 0.277. The average Bonchev–Trinajstić information content (AvgIpc) is 2.11. The van der Waals surface area contributed by atoms with E-state index in [0.717, 1.165) is 19.4 Å². The quantitative estimate of drug-likeness (QED) is 0.627. The molecule has 0 unspecified atom stereocenters. The zero-order chi connectivity index (χ0) is 10.4. The number of carbonyl (C=O) groups is 1. The van der Waals surface area contributed by atoms with Crippen LogP contribution < -0.4 is 0 Å². The molecule has 0 N–H and O–H groups in total. The topological polar surface area (TPSA) is 26.3 Å². The fourth-order valence-electron chi connectivity index (χ4n) is 1.79. The predicted molar refractivity (Wildman–Crippen MR) is 55.8 cm³/mol. The van der Waals surface area contributed by atoms with Crippen molar-refractivity contribution in [2.45, 2.75) is 45.6 Å². The molecule has 1 fully saturated rings. The fourth-order valence-corrected chi connectivity index (χ4v) is 1.79. The van der Waals surface area contributed by atoms with E-state index >= 15 is 0 Å². The third kappa shape index (κ3) is 3.51. The van der Waals surface area contributed by atoms with Gasteiger partial charge in [0.15, 0.2) is 0 Å². The van der Waals surface area contributed by atoms with E-state index in [2.05, 4.69) is 11.8 Å². The number of carbonyl (C=O) groups excluding carboxylic acids is 1. The fraction of sp³-hybridized carbons (Fsp3) is 0.750. The maximum Gasteiger partial charge on any atom is 0.145 e. The molecule has 78 valence electrons. The minimum Gasteiger partial charge on any atom is -0.378 e. The molecule has 0 heterocycles. The Morgan fingerprint density at radius 3 is 2.79 bits per heavy atom. The van der Waals surface area contributed by atoms with Gasteiger partial charge in [-0.2, -0.15) is 0 Å². The molecule has 0 bridgehead atoms. The van der Waals surface area contributed by atoms with Gasteiger partial charge >= 0.3 is 0 Å². The highest BCUT2D eigenvalue weighted by Crippen LogP contribution is 2.32. The second-order valence-corrected chi connectivity index (χ2v) is 3.76. The van der Waals surface area contributed by atoms with E-state index in [9.17, 15) is 4.79 Å². The molecule has 2 heteroatoms. The summed E-state index contributed by atoms with van der Waals surface area (Å²) >= 11 is 0. The summed E-state index contributed by atoms with van der Waals surface area (Å²) in [7, 11) is 0. The molecule has 0 radical (unpaired) electrons. The molecule has 1 aliphatic rings. The highest BCUT2D eigenvalue weighted by Gasteiger charge is 2.30. The Balaban J connectivity index is 2.09. The molecular weight excluding hydrogens is 176 g/mol. The summed E-state index contributed by atoms with van der Waals surface area (Å²) < 4.78 is 5.43. The molecule has 0 spiro atoms. The smallest absolute Gasteiger partial charge is 0.145 e. The Hall–Kier alpha value is -0.810. The average molecular weight is 194 g/mol. The summed E-state index contributed by atoms with van der Waals surface area (Å²) in [5, 5.41) is 0. The van der Waals surface area contributed by atoms with Crippen LogP contribution in [0.25, 0.3) is 0 Å². The third-order valence-electron chi connectivity index (χ3n) is 2.57. The second kappa shape index (κ2) is 5.82. The van der Waals surface area contributed by atoms with Crippen molar-refractivity contribution in [1.29, 1.82) is 0 Å². The molecule has 1 rings (SSSR count). The monoisotopic (exact) mass is 194 g/mol. The van der Waals surface area contributed by atoms with Crippen LogP contribution in [-0.2, 0) is 9.53 Å². The number of hydrogen-bond acceptors (Lipinski definition) is 2. The number of rotatable bonds is 5. The van der Waals surface area contributed by atoms with Gasteiger partial charge < -0.3 is 4.74 Å². The van der Waals surface area contributed by atoms with Crippen molar-refractivity contribution in [1.82, 2.24) is 0 Å². The van der Waals surface area contributed by atoms with E-state index < -0.39 is 0 Å². The molecule has 0 saturated heterocycles. The molecule has 14 heavy (non-hydrogen) atoms. The number of hydrogen-bond donors (Lipinski definition) is 0. The van der Waals surface area contributed by atoms with E-state index in [-0.39, 0.29) is 5.78 Å². The SMILES string of the molecule is CC#CCC(=O)CC1CC(OCC)C1. The van der Waals surface area contributed by atoms with Crippen LogP contribution in [-0.4, -0.2) is 18.5 Å². The minimum absolute atomic E-state index is 0.277. The van der Waals surface area contributed by atoms with Crippen LogP contribution in [0.2, 0.25) is 0 Å². The maximum atomic E-state index is 11.3. The highest BCUT2D eigenvalue weighted by molar-refractivity contribution is 5.81. The van der Waals surface area contributed by atoms with Crippen molar-refractivity contribution in [3.8, 4) is 11.8 Å². The molecular formula is C12H18O2. The number of ketones is 1. The zero-order valence-corrected chi connectivity index (χ0v) is 9.01. The van der Waals surface area contributed by atoms with E-state index in [1.54, 1.807) is 6.92 Å². The molecule has 0 aromatic rings. The lowest BCUT2D eigenvalue weighted by Crippen LogP contribution is -2.32. The molecule has 1 saturated carbocycles. The van der Waals surface area contributed by atoms with Gasteiger partial charge in [-0.3, -0.25) is 4.79 Å². The third-order valence-corrected chi connectivity index (χ3v) is 2.57.